The maximum atomic E-state index is 6.71. The van der Waals surface area contributed by atoms with Crippen molar-refractivity contribution in [3.63, 3.8) is 0 Å². The van der Waals surface area contributed by atoms with Gasteiger partial charge in [0.15, 0.2) is 0 Å². The molecule has 0 aliphatic heterocycles. The van der Waals surface area contributed by atoms with Gasteiger partial charge in [0.05, 0.1) is 5.38 Å². The van der Waals surface area contributed by atoms with Crippen LogP contribution in [-0.2, 0) is 19.3 Å². The zero-order valence-corrected chi connectivity index (χ0v) is 12.9. The Labute approximate surface area is 124 Å². The lowest BCUT2D eigenvalue weighted by molar-refractivity contribution is 0.684. The number of halogens is 1. The van der Waals surface area contributed by atoms with Gasteiger partial charge in [-0.15, -0.1) is 22.9 Å². The quantitative estimate of drug-likeness (QED) is 0.653. The van der Waals surface area contributed by atoms with Gasteiger partial charge in [-0.2, -0.15) is 0 Å². The van der Waals surface area contributed by atoms with Gasteiger partial charge < -0.3 is 0 Å². The average Bonchev–Trinajstić information content (AvgIpc) is 2.94. The molecular weight excluding hydrogens is 272 g/mol. The van der Waals surface area contributed by atoms with Crippen molar-refractivity contribution in [3.8, 4) is 0 Å². The second-order valence-corrected chi connectivity index (χ2v) is 6.65. The van der Waals surface area contributed by atoms with Gasteiger partial charge >= 0.3 is 0 Å². The standard InChI is InChI=1S/C17H19ClS/c1-2-12-9-10-19-17(12)16(18)15-8-7-13-5-3-4-6-14(13)11-15/h7-11,16H,2-6H2,1H3. The molecule has 1 aromatic heterocycles. The van der Waals surface area contributed by atoms with Crippen molar-refractivity contribution in [1.82, 2.24) is 0 Å². The normalized spacial score (nSPS) is 16.1. The molecule has 1 atom stereocenters. The zero-order valence-electron chi connectivity index (χ0n) is 11.3. The van der Waals surface area contributed by atoms with Crippen molar-refractivity contribution in [2.24, 2.45) is 0 Å². The number of aryl methyl sites for hydroxylation is 3. The first-order valence-electron chi connectivity index (χ1n) is 7.11. The molecule has 0 amide bonds. The summed E-state index contributed by atoms with van der Waals surface area (Å²) in [6, 6.07) is 9.05. The van der Waals surface area contributed by atoms with Gasteiger partial charge in [0.1, 0.15) is 0 Å². The van der Waals surface area contributed by atoms with Gasteiger partial charge in [0, 0.05) is 4.88 Å². The van der Waals surface area contributed by atoms with E-state index in [2.05, 4.69) is 36.6 Å². The molecule has 100 valence electrons. The predicted molar refractivity (Wildman–Crippen MR) is 84.5 cm³/mol. The summed E-state index contributed by atoms with van der Waals surface area (Å²) in [5.74, 6) is 0. The van der Waals surface area contributed by atoms with E-state index in [1.165, 1.54) is 52.8 Å². The fourth-order valence-electron chi connectivity index (χ4n) is 2.92. The first kappa shape index (κ1) is 13.2. The van der Waals surface area contributed by atoms with Crippen molar-refractivity contribution in [3.05, 3.63) is 56.8 Å². The lowest BCUT2D eigenvalue weighted by Crippen LogP contribution is -2.04. The highest BCUT2D eigenvalue weighted by atomic mass is 35.5. The molecule has 0 nitrogen and oxygen atoms in total. The minimum atomic E-state index is 0.0159. The number of benzene rings is 1. The van der Waals surface area contributed by atoms with Gasteiger partial charge in [0.2, 0.25) is 0 Å². The summed E-state index contributed by atoms with van der Waals surface area (Å²) in [7, 11) is 0. The van der Waals surface area contributed by atoms with Crippen molar-refractivity contribution >= 4 is 22.9 Å². The maximum Gasteiger partial charge on any atom is 0.0930 e. The second-order valence-electron chi connectivity index (χ2n) is 5.26. The van der Waals surface area contributed by atoms with E-state index in [1.54, 1.807) is 11.3 Å². The Morgan fingerprint density at radius 2 is 1.95 bits per heavy atom. The fourth-order valence-corrected chi connectivity index (χ4v) is 4.35. The summed E-state index contributed by atoms with van der Waals surface area (Å²) in [5, 5.41) is 2.17. The van der Waals surface area contributed by atoms with Crippen molar-refractivity contribution < 1.29 is 0 Å². The van der Waals surface area contributed by atoms with Crippen LogP contribution < -0.4 is 0 Å². The van der Waals surface area contributed by atoms with Gasteiger partial charge in [0.25, 0.3) is 0 Å². The van der Waals surface area contributed by atoms with Crippen molar-refractivity contribution in [1.29, 1.82) is 0 Å². The SMILES string of the molecule is CCc1ccsc1C(Cl)c1ccc2c(c1)CCCC2. The Morgan fingerprint density at radius 1 is 1.16 bits per heavy atom. The summed E-state index contributed by atoms with van der Waals surface area (Å²) in [5.41, 5.74) is 5.70. The van der Waals surface area contributed by atoms with E-state index in [1.807, 2.05) is 0 Å². The van der Waals surface area contributed by atoms with E-state index < -0.39 is 0 Å². The largest absolute Gasteiger partial charge is 0.147 e. The third kappa shape index (κ3) is 2.59. The second kappa shape index (κ2) is 5.68. The van der Waals surface area contributed by atoms with E-state index in [9.17, 15) is 0 Å². The molecule has 3 rings (SSSR count). The maximum absolute atomic E-state index is 6.71. The molecule has 0 saturated carbocycles. The van der Waals surface area contributed by atoms with E-state index in [-0.39, 0.29) is 5.38 Å². The summed E-state index contributed by atoms with van der Waals surface area (Å²) >= 11 is 8.49. The highest BCUT2D eigenvalue weighted by molar-refractivity contribution is 7.10. The lowest BCUT2D eigenvalue weighted by Gasteiger charge is -2.18. The van der Waals surface area contributed by atoms with E-state index >= 15 is 0 Å². The van der Waals surface area contributed by atoms with Gasteiger partial charge in [-0.25, -0.2) is 0 Å². The molecule has 0 radical (unpaired) electrons. The number of alkyl halides is 1. The Bertz CT molecular complexity index is 570. The fraction of sp³-hybridized carbons (Fsp3) is 0.412. The Hall–Kier alpha value is -0.790. The molecule has 2 heteroatoms. The number of fused-ring (bicyclic) bond motifs is 1. The molecular formula is C17H19ClS. The molecule has 1 unspecified atom stereocenters. The van der Waals surface area contributed by atoms with Crippen LogP contribution in [0.5, 0.6) is 0 Å². The molecule has 0 saturated heterocycles. The van der Waals surface area contributed by atoms with Crippen LogP contribution in [0.1, 0.15) is 52.3 Å². The van der Waals surface area contributed by atoms with Crippen LogP contribution in [0, 0.1) is 0 Å². The van der Waals surface area contributed by atoms with Gasteiger partial charge in [-0.05, 0) is 65.8 Å². The number of hydrogen-bond donors (Lipinski definition) is 0. The summed E-state index contributed by atoms with van der Waals surface area (Å²) in [6.45, 7) is 2.20. The molecule has 2 aromatic rings. The van der Waals surface area contributed by atoms with Gasteiger partial charge in [-0.3, -0.25) is 0 Å². The number of thiophene rings is 1. The highest BCUT2D eigenvalue weighted by Gasteiger charge is 2.18. The topological polar surface area (TPSA) is 0 Å². The predicted octanol–water partition coefficient (Wildman–Crippen LogP) is 5.52. The van der Waals surface area contributed by atoms with E-state index in [4.69, 9.17) is 11.6 Å². The zero-order chi connectivity index (χ0) is 13.2. The van der Waals surface area contributed by atoms with Crippen LogP contribution in [0.15, 0.2) is 29.6 Å². The molecule has 1 heterocycles. The molecule has 1 aliphatic carbocycles. The van der Waals surface area contributed by atoms with Crippen LogP contribution in [0.2, 0.25) is 0 Å². The highest BCUT2D eigenvalue weighted by Crippen LogP contribution is 2.36. The average molecular weight is 291 g/mol. The first-order chi connectivity index (χ1) is 9.29. The Morgan fingerprint density at radius 3 is 2.74 bits per heavy atom. The van der Waals surface area contributed by atoms with E-state index in [0.717, 1.165) is 6.42 Å². The van der Waals surface area contributed by atoms with Crippen molar-refractivity contribution in [2.75, 3.05) is 0 Å². The Balaban J connectivity index is 1.93. The van der Waals surface area contributed by atoms with Crippen LogP contribution in [0.3, 0.4) is 0 Å². The third-order valence-corrected chi connectivity index (χ3v) is 5.68. The summed E-state index contributed by atoms with van der Waals surface area (Å²) in [4.78, 5) is 1.32. The van der Waals surface area contributed by atoms with Crippen LogP contribution in [0.4, 0.5) is 0 Å². The number of hydrogen-bond acceptors (Lipinski definition) is 1. The Kier molecular flexibility index (Phi) is 3.95. The van der Waals surface area contributed by atoms with Crippen LogP contribution in [0.25, 0.3) is 0 Å². The summed E-state index contributed by atoms with van der Waals surface area (Å²) < 4.78 is 0. The molecule has 0 N–H and O–H groups in total. The molecule has 0 fully saturated rings. The number of rotatable bonds is 3. The van der Waals surface area contributed by atoms with Crippen LogP contribution in [-0.4, -0.2) is 0 Å². The minimum Gasteiger partial charge on any atom is -0.147 e. The molecule has 1 aliphatic rings. The molecule has 0 spiro atoms. The monoisotopic (exact) mass is 290 g/mol. The smallest absolute Gasteiger partial charge is 0.0930 e. The molecule has 19 heavy (non-hydrogen) atoms. The molecule has 0 bridgehead atoms. The summed E-state index contributed by atoms with van der Waals surface area (Å²) in [6.07, 6.45) is 6.18. The minimum absolute atomic E-state index is 0.0159. The lowest BCUT2D eigenvalue weighted by atomic mass is 9.89. The molecule has 1 aromatic carbocycles. The third-order valence-electron chi connectivity index (χ3n) is 4.06. The van der Waals surface area contributed by atoms with Crippen molar-refractivity contribution in [2.45, 2.75) is 44.4 Å². The van der Waals surface area contributed by atoms with Gasteiger partial charge in [-0.1, -0.05) is 25.1 Å². The first-order valence-corrected chi connectivity index (χ1v) is 8.43. The van der Waals surface area contributed by atoms with E-state index in [0.29, 0.717) is 0 Å². The van der Waals surface area contributed by atoms with Crippen LogP contribution >= 0.6 is 22.9 Å².